The number of hydrogen-bond donors (Lipinski definition) is 0. The largest absolute Gasteiger partial charge is 0.377 e. The zero-order chi connectivity index (χ0) is 12.1. The Morgan fingerprint density at radius 2 is 1.71 bits per heavy atom. The normalized spacial score (nSPS) is 31.2. The van der Waals surface area contributed by atoms with Gasteiger partial charge in [0.1, 0.15) is 0 Å². The molecule has 17 heavy (non-hydrogen) atoms. The van der Waals surface area contributed by atoms with Gasteiger partial charge in [0.2, 0.25) is 0 Å². The summed E-state index contributed by atoms with van der Waals surface area (Å²) >= 11 is 0. The van der Waals surface area contributed by atoms with E-state index in [0.717, 1.165) is 25.0 Å². The SMILES string of the molecule is CC(C)C1CCC(OCCN2CCCC2)CC1. The van der Waals surface area contributed by atoms with Gasteiger partial charge in [-0.05, 0) is 63.5 Å². The molecule has 0 aromatic carbocycles. The average Bonchev–Trinajstić information content (AvgIpc) is 2.83. The van der Waals surface area contributed by atoms with Crippen LogP contribution in [0.5, 0.6) is 0 Å². The molecule has 0 atom stereocenters. The topological polar surface area (TPSA) is 12.5 Å². The van der Waals surface area contributed by atoms with Gasteiger partial charge >= 0.3 is 0 Å². The summed E-state index contributed by atoms with van der Waals surface area (Å²) in [6.07, 6.45) is 8.69. The van der Waals surface area contributed by atoms with Crippen LogP contribution in [0.2, 0.25) is 0 Å². The summed E-state index contributed by atoms with van der Waals surface area (Å²) in [5, 5.41) is 0. The van der Waals surface area contributed by atoms with E-state index in [9.17, 15) is 0 Å². The van der Waals surface area contributed by atoms with Gasteiger partial charge in [0.15, 0.2) is 0 Å². The monoisotopic (exact) mass is 239 g/mol. The smallest absolute Gasteiger partial charge is 0.0597 e. The number of nitrogens with zero attached hydrogens (tertiary/aromatic N) is 1. The maximum absolute atomic E-state index is 6.03. The summed E-state index contributed by atoms with van der Waals surface area (Å²) in [5.74, 6) is 1.81. The van der Waals surface area contributed by atoms with Gasteiger partial charge < -0.3 is 9.64 Å². The Morgan fingerprint density at radius 1 is 1.06 bits per heavy atom. The summed E-state index contributed by atoms with van der Waals surface area (Å²) in [6.45, 7) is 9.42. The van der Waals surface area contributed by atoms with E-state index in [1.165, 1.54) is 51.6 Å². The zero-order valence-electron chi connectivity index (χ0n) is 11.7. The van der Waals surface area contributed by atoms with E-state index in [1.54, 1.807) is 0 Å². The molecular weight excluding hydrogens is 210 g/mol. The van der Waals surface area contributed by atoms with E-state index in [2.05, 4.69) is 18.7 Å². The van der Waals surface area contributed by atoms with Gasteiger partial charge in [0.25, 0.3) is 0 Å². The quantitative estimate of drug-likeness (QED) is 0.730. The minimum atomic E-state index is 0.563. The fraction of sp³-hybridized carbons (Fsp3) is 1.00. The summed E-state index contributed by atoms with van der Waals surface area (Å²) < 4.78 is 6.03. The average molecular weight is 239 g/mol. The van der Waals surface area contributed by atoms with Gasteiger partial charge in [-0.1, -0.05) is 13.8 Å². The van der Waals surface area contributed by atoms with Crippen molar-refractivity contribution in [2.45, 2.75) is 58.5 Å². The van der Waals surface area contributed by atoms with Gasteiger partial charge in [0.05, 0.1) is 12.7 Å². The molecule has 2 aliphatic rings. The molecule has 0 radical (unpaired) electrons. The van der Waals surface area contributed by atoms with Gasteiger partial charge in [0, 0.05) is 6.54 Å². The molecule has 0 bridgehead atoms. The second kappa shape index (κ2) is 6.75. The van der Waals surface area contributed by atoms with Crippen LogP contribution >= 0.6 is 0 Å². The lowest BCUT2D eigenvalue weighted by molar-refractivity contribution is 0.00519. The van der Waals surface area contributed by atoms with Crippen molar-refractivity contribution in [2.24, 2.45) is 11.8 Å². The first-order valence-corrected chi connectivity index (χ1v) is 7.59. The minimum absolute atomic E-state index is 0.563. The molecule has 0 unspecified atom stereocenters. The Balaban J connectivity index is 1.55. The first-order chi connectivity index (χ1) is 8.25. The summed E-state index contributed by atoms with van der Waals surface area (Å²) in [5.41, 5.74) is 0. The molecule has 0 aromatic heterocycles. The molecule has 1 aliphatic carbocycles. The first-order valence-electron chi connectivity index (χ1n) is 7.59. The molecule has 1 heterocycles. The maximum atomic E-state index is 6.03. The van der Waals surface area contributed by atoms with E-state index >= 15 is 0 Å². The Kier molecular flexibility index (Phi) is 5.30. The maximum Gasteiger partial charge on any atom is 0.0597 e. The number of hydrogen-bond acceptors (Lipinski definition) is 2. The standard InChI is InChI=1S/C15H29NO/c1-13(2)14-5-7-15(8-6-14)17-12-11-16-9-3-4-10-16/h13-15H,3-12H2,1-2H3. The molecule has 2 heteroatoms. The third kappa shape index (κ3) is 4.26. The van der Waals surface area contributed by atoms with Crippen LogP contribution in [0.1, 0.15) is 52.4 Å². The second-order valence-corrected chi connectivity index (χ2v) is 6.20. The van der Waals surface area contributed by atoms with Crippen LogP contribution in [0.25, 0.3) is 0 Å². The van der Waals surface area contributed by atoms with E-state index in [0.29, 0.717) is 6.10 Å². The van der Waals surface area contributed by atoms with Crippen LogP contribution in [0, 0.1) is 11.8 Å². The zero-order valence-corrected chi connectivity index (χ0v) is 11.7. The van der Waals surface area contributed by atoms with Crippen LogP contribution in [-0.2, 0) is 4.74 Å². The molecule has 0 aromatic rings. The molecule has 0 spiro atoms. The van der Waals surface area contributed by atoms with Crippen molar-refractivity contribution < 1.29 is 4.74 Å². The van der Waals surface area contributed by atoms with Crippen LogP contribution < -0.4 is 0 Å². The van der Waals surface area contributed by atoms with Crippen molar-refractivity contribution in [3.63, 3.8) is 0 Å². The minimum Gasteiger partial charge on any atom is -0.377 e. The van der Waals surface area contributed by atoms with Gasteiger partial charge in [-0.25, -0.2) is 0 Å². The van der Waals surface area contributed by atoms with Crippen LogP contribution in [0.3, 0.4) is 0 Å². The Bertz CT molecular complexity index is 203. The van der Waals surface area contributed by atoms with Crippen molar-refractivity contribution in [3.05, 3.63) is 0 Å². The number of likely N-dealkylation sites (tertiary alicyclic amines) is 1. The second-order valence-electron chi connectivity index (χ2n) is 6.20. The molecule has 1 saturated carbocycles. The highest BCUT2D eigenvalue weighted by Crippen LogP contribution is 2.31. The third-order valence-corrected chi connectivity index (χ3v) is 4.62. The van der Waals surface area contributed by atoms with Crippen LogP contribution in [-0.4, -0.2) is 37.2 Å². The lowest BCUT2D eigenvalue weighted by atomic mass is 9.80. The number of ether oxygens (including phenoxy) is 1. The molecule has 2 fully saturated rings. The summed E-state index contributed by atoms with van der Waals surface area (Å²) in [6, 6.07) is 0. The Morgan fingerprint density at radius 3 is 2.29 bits per heavy atom. The fourth-order valence-corrected chi connectivity index (χ4v) is 3.28. The Labute approximate surface area is 107 Å². The highest BCUT2D eigenvalue weighted by Gasteiger charge is 2.23. The van der Waals surface area contributed by atoms with Gasteiger partial charge in [-0.3, -0.25) is 0 Å². The Hall–Kier alpha value is -0.0800. The molecule has 1 aliphatic heterocycles. The van der Waals surface area contributed by atoms with Gasteiger partial charge in [-0.15, -0.1) is 0 Å². The fourth-order valence-electron chi connectivity index (χ4n) is 3.28. The van der Waals surface area contributed by atoms with E-state index < -0.39 is 0 Å². The molecular formula is C15H29NO. The molecule has 0 amide bonds. The van der Waals surface area contributed by atoms with E-state index in [-0.39, 0.29) is 0 Å². The van der Waals surface area contributed by atoms with Crippen molar-refractivity contribution in [2.75, 3.05) is 26.2 Å². The predicted molar refractivity (Wildman–Crippen MR) is 72.2 cm³/mol. The van der Waals surface area contributed by atoms with Crippen molar-refractivity contribution in [1.29, 1.82) is 0 Å². The van der Waals surface area contributed by atoms with E-state index in [4.69, 9.17) is 4.74 Å². The predicted octanol–water partition coefficient (Wildman–Crippen LogP) is 3.31. The summed E-state index contributed by atoms with van der Waals surface area (Å²) in [7, 11) is 0. The lowest BCUT2D eigenvalue weighted by Crippen LogP contribution is -2.29. The third-order valence-electron chi connectivity index (χ3n) is 4.62. The molecule has 2 nitrogen and oxygen atoms in total. The van der Waals surface area contributed by atoms with Crippen LogP contribution in [0.15, 0.2) is 0 Å². The first kappa shape index (κ1) is 13.4. The molecule has 0 N–H and O–H groups in total. The van der Waals surface area contributed by atoms with Gasteiger partial charge in [-0.2, -0.15) is 0 Å². The highest BCUT2D eigenvalue weighted by molar-refractivity contribution is 4.75. The van der Waals surface area contributed by atoms with E-state index in [1.807, 2.05) is 0 Å². The van der Waals surface area contributed by atoms with Crippen molar-refractivity contribution in [3.8, 4) is 0 Å². The summed E-state index contributed by atoms with van der Waals surface area (Å²) in [4.78, 5) is 2.54. The lowest BCUT2D eigenvalue weighted by Gasteiger charge is -2.31. The molecule has 2 rings (SSSR count). The van der Waals surface area contributed by atoms with Crippen molar-refractivity contribution >= 4 is 0 Å². The number of rotatable bonds is 5. The molecule has 1 saturated heterocycles. The van der Waals surface area contributed by atoms with Crippen molar-refractivity contribution in [1.82, 2.24) is 4.90 Å². The van der Waals surface area contributed by atoms with Crippen LogP contribution in [0.4, 0.5) is 0 Å². The highest BCUT2D eigenvalue weighted by atomic mass is 16.5. The molecule has 100 valence electrons.